The van der Waals surface area contributed by atoms with E-state index in [-0.39, 0.29) is 10.5 Å². The van der Waals surface area contributed by atoms with Gasteiger partial charge in [0.15, 0.2) is 8.77 Å². The molecule has 0 saturated carbocycles. The molecule has 0 saturated heterocycles. The van der Waals surface area contributed by atoms with Crippen molar-refractivity contribution in [1.82, 2.24) is 5.32 Å². The SMILES string of the molecule is CNC(=O)c1ccccc1S(=O)(O)=S. The van der Waals surface area contributed by atoms with Crippen LogP contribution in [0, 0.1) is 0 Å². The molecule has 1 aromatic carbocycles. The molecule has 0 heterocycles. The normalized spacial score (nSPS) is 14.4. The smallest absolute Gasteiger partial charge is 0.252 e. The summed E-state index contributed by atoms with van der Waals surface area (Å²) >= 11 is 4.41. The van der Waals surface area contributed by atoms with Crippen LogP contribution in [-0.2, 0) is 20.0 Å². The molecule has 76 valence electrons. The summed E-state index contributed by atoms with van der Waals surface area (Å²) in [5.74, 6) is -0.424. The Labute approximate surface area is 86.8 Å². The summed E-state index contributed by atoms with van der Waals surface area (Å²) in [4.78, 5) is 11.3. The summed E-state index contributed by atoms with van der Waals surface area (Å²) in [5, 5.41) is 2.37. The van der Waals surface area contributed by atoms with Gasteiger partial charge in [-0.3, -0.25) is 4.79 Å². The summed E-state index contributed by atoms with van der Waals surface area (Å²) in [5.41, 5.74) is 0.137. The van der Waals surface area contributed by atoms with E-state index in [9.17, 15) is 13.6 Å². The summed E-state index contributed by atoms with van der Waals surface area (Å²) < 4.78 is 20.4. The van der Waals surface area contributed by atoms with Crippen molar-refractivity contribution < 1.29 is 13.6 Å². The van der Waals surface area contributed by atoms with Gasteiger partial charge in [0.2, 0.25) is 0 Å². The Kier molecular flexibility index (Phi) is 3.20. The summed E-state index contributed by atoms with van der Waals surface area (Å²) in [6, 6.07) is 5.99. The quantitative estimate of drug-likeness (QED) is 0.783. The Bertz CT molecular complexity index is 453. The predicted molar refractivity (Wildman–Crippen MR) is 56.2 cm³/mol. The molecule has 14 heavy (non-hydrogen) atoms. The largest absolute Gasteiger partial charge is 0.355 e. The van der Waals surface area contributed by atoms with Crippen molar-refractivity contribution in [3.63, 3.8) is 0 Å². The fourth-order valence-corrected chi connectivity index (χ4v) is 2.14. The van der Waals surface area contributed by atoms with Gasteiger partial charge in [-0.2, -0.15) is 0 Å². The molecule has 6 heteroatoms. The van der Waals surface area contributed by atoms with Crippen molar-refractivity contribution in [2.45, 2.75) is 4.90 Å². The lowest BCUT2D eigenvalue weighted by atomic mass is 10.2. The number of benzene rings is 1. The molecule has 0 bridgehead atoms. The summed E-state index contributed by atoms with van der Waals surface area (Å²) in [6.45, 7) is 0. The molecule has 1 amide bonds. The molecule has 1 atom stereocenters. The highest BCUT2D eigenvalue weighted by Crippen LogP contribution is 2.14. The fraction of sp³-hybridized carbons (Fsp3) is 0.125. The maximum atomic E-state index is 11.3. The first-order chi connectivity index (χ1) is 6.46. The molecule has 0 aliphatic carbocycles. The lowest BCUT2D eigenvalue weighted by Gasteiger charge is -2.06. The minimum Gasteiger partial charge on any atom is -0.355 e. The number of hydrogen-bond acceptors (Lipinski definition) is 3. The van der Waals surface area contributed by atoms with Crippen LogP contribution < -0.4 is 5.32 Å². The van der Waals surface area contributed by atoms with Crippen molar-refractivity contribution in [2.24, 2.45) is 0 Å². The van der Waals surface area contributed by atoms with Gasteiger partial charge in [0, 0.05) is 18.2 Å². The van der Waals surface area contributed by atoms with E-state index in [0.29, 0.717) is 0 Å². The average molecular weight is 231 g/mol. The zero-order chi connectivity index (χ0) is 10.8. The number of hydrogen-bond donors (Lipinski definition) is 2. The number of nitrogens with one attached hydrogen (secondary N) is 1. The minimum absolute atomic E-state index is 0.0191. The van der Waals surface area contributed by atoms with E-state index in [4.69, 9.17) is 0 Å². The summed E-state index contributed by atoms with van der Waals surface area (Å²) in [6.07, 6.45) is 0. The number of amides is 1. The monoisotopic (exact) mass is 231 g/mol. The van der Waals surface area contributed by atoms with E-state index in [1.54, 1.807) is 12.1 Å². The lowest BCUT2D eigenvalue weighted by Crippen LogP contribution is -2.20. The van der Waals surface area contributed by atoms with E-state index in [1.807, 2.05) is 0 Å². The van der Waals surface area contributed by atoms with Crippen LogP contribution in [0.5, 0.6) is 0 Å². The number of carbonyl (C=O) groups excluding carboxylic acids is 1. The van der Waals surface area contributed by atoms with Gasteiger partial charge >= 0.3 is 0 Å². The first-order valence-corrected chi connectivity index (χ1v) is 6.19. The van der Waals surface area contributed by atoms with Crippen LogP contribution in [0.3, 0.4) is 0 Å². The van der Waals surface area contributed by atoms with Crippen LogP contribution in [0.1, 0.15) is 10.4 Å². The molecule has 4 nitrogen and oxygen atoms in total. The molecule has 0 aliphatic heterocycles. The second-order valence-corrected chi connectivity index (χ2v) is 5.30. The molecule has 1 rings (SSSR count). The number of rotatable bonds is 2. The van der Waals surface area contributed by atoms with Gasteiger partial charge in [0.05, 0.1) is 10.5 Å². The van der Waals surface area contributed by atoms with Crippen LogP contribution in [0.25, 0.3) is 0 Å². The first kappa shape index (κ1) is 11.1. The fourth-order valence-electron chi connectivity index (χ4n) is 1.01. The average Bonchev–Trinajstić information content (AvgIpc) is 2.15. The topological polar surface area (TPSA) is 66.4 Å². The molecular weight excluding hydrogens is 222 g/mol. The second kappa shape index (κ2) is 4.04. The Morgan fingerprint density at radius 3 is 2.57 bits per heavy atom. The van der Waals surface area contributed by atoms with Gasteiger partial charge in [-0.15, -0.1) is 0 Å². The van der Waals surface area contributed by atoms with Crippen LogP contribution in [-0.4, -0.2) is 21.7 Å². The van der Waals surface area contributed by atoms with E-state index in [1.165, 1.54) is 19.2 Å². The Balaban J connectivity index is 3.38. The maximum Gasteiger partial charge on any atom is 0.252 e. The van der Waals surface area contributed by atoms with E-state index in [2.05, 4.69) is 16.5 Å². The minimum atomic E-state index is -3.52. The van der Waals surface area contributed by atoms with E-state index >= 15 is 0 Å². The maximum absolute atomic E-state index is 11.3. The molecule has 2 N–H and O–H groups in total. The molecule has 0 radical (unpaired) electrons. The molecule has 0 aromatic heterocycles. The molecule has 0 spiro atoms. The highest BCUT2D eigenvalue weighted by atomic mass is 32.8. The molecule has 1 unspecified atom stereocenters. The Hall–Kier alpha value is -0.980. The predicted octanol–water partition coefficient (Wildman–Crippen LogP) is 0.624. The third-order valence-corrected chi connectivity index (χ3v) is 3.09. The molecular formula is C8H9NO3S2. The van der Waals surface area contributed by atoms with E-state index in [0.717, 1.165) is 0 Å². The van der Waals surface area contributed by atoms with Gasteiger partial charge in [0.25, 0.3) is 5.91 Å². The van der Waals surface area contributed by atoms with Crippen LogP contribution >= 0.6 is 0 Å². The van der Waals surface area contributed by atoms with Gasteiger partial charge in [-0.25, -0.2) is 4.21 Å². The Morgan fingerprint density at radius 1 is 1.50 bits per heavy atom. The van der Waals surface area contributed by atoms with Crippen molar-refractivity contribution in [1.29, 1.82) is 0 Å². The van der Waals surface area contributed by atoms with Crippen LogP contribution in [0.4, 0.5) is 0 Å². The van der Waals surface area contributed by atoms with Gasteiger partial charge in [-0.05, 0) is 12.1 Å². The second-order valence-electron chi connectivity index (χ2n) is 2.55. The third kappa shape index (κ3) is 2.28. The van der Waals surface area contributed by atoms with Crippen LogP contribution in [0.2, 0.25) is 0 Å². The zero-order valence-corrected chi connectivity index (χ0v) is 9.02. The molecule has 1 aromatic rings. The van der Waals surface area contributed by atoms with Crippen molar-refractivity contribution >= 4 is 25.9 Å². The van der Waals surface area contributed by atoms with Crippen molar-refractivity contribution in [2.75, 3.05) is 7.05 Å². The lowest BCUT2D eigenvalue weighted by molar-refractivity contribution is 0.0960. The van der Waals surface area contributed by atoms with E-state index < -0.39 is 14.7 Å². The highest BCUT2D eigenvalue weighted by molar-refractivity contribution is 8.29. The standard InChI is InChI=1S/C8H9NO3S2/c1-9-8(10)6-4-2-3-5-7(6)14(11,12)13/h2-5H,1H3,(H,9,10)(H,11,12,13). The zero-order valence-electron chi connectivity index (χ0n) is 7.39. The van der Waals surface area contributed by atoms with Crippen molar-refractivity contribution in [3.8, 4) is 0 Å². The van der Waals surface area contributed by atoms with Gasteiger partial charge in [-0.1, -0.05) is 12.1 Å². The first-order valence-electron chi connectivity index (χ1n) is 3.75. The molecule has 0 aliphatic rings. The van der Waals surface area contributed by atoms with Crippen molar-refractivity contribution in [3.05, 3.63) is 29.8 Å². The highest BCUT2D eigenvalue weighted by Gasteiger charge is 2.15. The number of carbonyl (C=O) groups is 1. The van der Waals surface area contributed by atoms with Crippen LogP contribution in [0.15, 0.2) is 29.2 Å². The Morgan fingerprint density at radius 2 is 2.07 bits per heavy atom. The van der Waals surface area contributed by atoms with Gasteiger partial charge < -0.3 is 9.87 Å². The molecule has 0 fully saturated rings. The third-order valence-electron chi connectivity index (χ3n) is 1.64. The summed E-state index contributed by atoms with van der Waals surface area (Å²) in [7, 11) is -2.07. The van der Waals surface area contributed by atoms with Gasteiger partial charge in [0.1, 0.15) is 0 Å².